The number of anilines is 1. The predicted octanol–water partition coefficient (Wildman–Crippen LogP) is 3.16. The van der Waals surface area contributed by atoms with Crippen LogP contribution in [0.2, 0.25) is 0 Å². The fraction of sp³-hybridized carbons (Fsp3) is 0.562. The molecule has 2 rings (SSSR count). The van der Waals surface area contributed by atoms with Gasteiger partial charge in [0.2, 0.25) is 0 Å². The Balaban J connectivity index is 0.00000220. The van der Waals surface area contributed by atoms with Gasteiger partial charge in [0.15, 0.2) is 0 Å². The number of nitrogens with two attached hydrogens (primary N) is 1. The Morgan fingerprint density at radius 2 is 2.05 bits per heavy atom. The molecule has 1 amide bonds. The van der Waals surface area contributed by atoms with Gasteiger partial charge in [0.1, 0.15) is 0 Å². The van der Waals surface area contributed by atoms with E-state index in [-0.39, 0.29) is 18.3 Å². The molecule has 0 saturated heterocycles. The number of hydrogen-bond acceptors (Lipinski definition) is 3. The molecule has 0 atom stereocenters. The van der Waals surface area contributed by atoms with Gasteiger partial charge >= 0.3 is 0 Å². The number of nitrogens with one attached hydrogen (secondary N) is 1. The van der Waals surface area contributed by atoms with Crippen LogP contribution in [0, 0.1) is 0 Å². The van der Waals surface area contributed by atoms with Crippen molar-refractivity contribution in [2.45, 2.75) is 44.6 Å². The maximum absolute atomic E-state index is 11.9. The lowest BCUT2D eigenvalue weighted by Gasteiger charge is -2.21. The van der Waals surface area contributed by atoms with Gasteiger partial charge in [0.25, 0.3) is 5.91 Å². The van der Waals surface area contributed by atoms with E-state index in [2.05, 4.69) is 5.32 Å². The van der Waals surface area contributed by atoms with Crippen molar-refractivity contribution >= 4 is 24.0 Å². The molecule has 1 aromatic carbocycles. The summed E-state index contributed by atoms with van der Waals surface area (Å²) in [5.41, 5.74) is 6.87. The van der Waals surface area contributed by atoms with Crippen LogP contribution in [-0.2, 0) is 4.74 Å². The lowest BCUT2D eigenvalue weighted by Crippen LogP contribution is -2.26. The molecule has 1 aliphatic carbocycles. The van der Waals surface area contributed by atoms with E-state index in [9.17, 15) is 4.79 Å². The molecule has 1 aromatic rings. The van der Waals surface area contributed by atoms with Crippen molar-refractivity contribution in [3.05, 3.63) is 29.8 Å². The molecule has 4 nitrogen and oxygen atoms in total. The first-order valence-corrected chi connectivity index (χ1v) is 7.51. The Kier molecular flexibility index (Phi) is 8.16. The first-order valence-electron chi connectivity index (χ1n) is 7.51. The normalized spacial score (nSPS) is 15.2. The van der Waals surface area contributed by atoms with E-state index in [4.69, 9.17) is 10.5 Å². The van der Waals surface area contributed by atoms with Crippen LogP contribution in [0.1, 0.15) is 48.9 Å². The van der Waals surface area contributed by atoms with Crippen molar-refractivity contribution in [1.82, 2.24) is 5.32 Å². The number of rotatable bonds is 6. The van der Waals surface area contributed by atoms with Gasteiger partial charge in [-0.2, -0.15) is 0 Å². The fourth-order valence-electron chi connectivity index (χ4n) is 2.54. The highest BCUT2D eigenvalue weighted by Crippen LogP contribution is 2.20. The minimum absolute atomic E-state index is 0. The van der Waals surface area contributed by atoms with Crippen LogP contribution in [0.25, 0.3) is 0 Å². The maximum atomic E-state index is 11.9. The standard InChI is InChI=1S/C16H24N2O2.ClH/c17-14-7-4-6-13(12-14)16(19)18-10-5-11-20-15-8-2-1-3-9-15;/h4,6-7,12,15H,1-3,5,8-11,17H2,(H,18,19);1H. The van der Waals surface area contributed by atoms with Gasteiger partial charge in [-0.05, 0) is 37.5 Å². The smallest absolute Gasteiger partial charge is 0.251 e. The minimum atomic E-state index is -0.0741. The molecule has 5 heteroatoms. The highest BCUT2D eigenvalue weighted by Gasteiger charge is 2.13. The molecule has 1 aliphatic rings. The molecule has 0 aliphatic heterocycles. The Hall–Kier alpha value is -1.26. The van der Waals surface area contributed by atoms with E-state index in [1.54, 1.807) is 24.3 Å². The lowest BCUT2D eigenvalue weighted by molar-refractivity contribution is 0.0273. The largest absolute Gasteiger partial charge is 0.399 e. The highest BCUT2D eigenvalue weighted by atomic mass is 35.5. The number of benzene rings is 1. The van der Waals surface area contributed by atoms with Crippen molar-refractivity contribution in [3.8, 4) is 0 Å². The predicted molar refractivity (Wildman–Crippen MR) is 87.9 cm³/mol. The monoisotopic (exact) mass is 312 g/mol. The second-order valence-electron chi connectivity index (χ2n) is 5.37. The van der Waals surface area contributed by atoms with Crippen molar-refractivity contribution in [3.63, 3.8) is 0 Å². The van der Waals surface area contributed by atoms with Gasteiger partial charge in [-0.25, -0.2) is 0 Å². The van der Waals surface area contributed by atoms with Crippen LogP contribution in [0.4, 0.5) is 5.69 Å². The third-order valence-electron chi connectivity index (χ3n) is 3.66. The third-order valence-corrected chi connectivity index (χ3v) is 3.66. The number of halogens is 1. The Morgan fingerprint density at radius 3 is 2.76 bits per heavy atom. The molecule has 3 N–H and O–H groups in total. The van der Waals surface area contributed by atoms with Crippen LogP contribution in [-0.4, -0.2) is 25.2 Å². The van der Waals surface area contributed by atoms with E-state index in [0.29, 0.717) is 23.9 Å². The molecule has 0 aromatic heterocycles. The molecule has 1 saturated carbocycles. The molecule has 0 unspecified atom stereocenters. The zero-order valence-electron chi connectivity index (χ0n) is 12.3. The zero-order chi connectivity index (χ0) is 14.2. The maximum Gasteiger partial charge on any atom is 0.251 e. The van der Waals surface area contributed by atoms with Gasteiger partial charge in [-0.15, -0.1) is 12.4 Å². The highest BCUT2D eigenvalue weighted by molar-refractivity contribution is 5.94. The van der Waals surface area contributed by atoms with Gasteiger partial charge < -0.3 is 15.8 Å². The Bertz CT molecular complexity index is 434. The number of carbonyl (C=O) groups excluding carboxylic acids is 1. The van der Waals surface area contributed by atoms with Gasteiger partial charge in [0.05, 0.1) is 6.10 Å². The van der Waals surface area contributed by atoms with Crippen LogP contribution < -0.4 is 11.1 Å². The first kappa shape index (κ1) is 17.8. The van der Waals surface area contributed by atoms with Gasteiger partial charge in [0, 0.05) is 24.4 Å². The van der Waals surface area contributed by atoms with Crippen molar-refractivity contribution in [2.24, 2.45) is 0 Å². The summed E-state index contributed by atoms with van der Waals surface area (Å²) < 4.78 is 5.82. The molecular weight excluding hydrogens is 288 g/mol. The van der Waals surface area contributed by atoms with Crippen molar-refractivity contribution in [2.75, 3.05) is 18.9 Å². The van der Waals surface area contributed by atoms with Crippen LogP contribution in [0.15, 0.2) is 24.3 Å². The molecule has 0 radical (unpaired) electrons. The fourth-order valence-corrected chi connectivity index (χ4v) is 2.54. The quantitative estimate of drug-likeness (QED) is 0.626. The summed E-state index contributed by atoms with van der Waals surface area (Å²) in [6.07, 6.45) is 7.59. The Labute approximate surface area is 132 Å². The summed E-state index contributed by atoms with van der Waals surface area (Å²) in [5.74, 6) is -0.0741. The topological polar surface area (TPSA) is 64.4 Å². The minimum Gasteiger partial charge on any atom is -0.399 e. The molecular formula is C16H25ClN2O2. The molecule has 0 bridgehead atoms. The summed E-state index contributed by atoms with van der Waals surface area (Å²) >= 11 is 0. The van der Waals surface area contributed by atoms with Crippen molar-refractivity contribution in [1.29, 1.82) is 0 Å². The third kappa shape index (κ3) is 6.36. The SMILES string of the molecule is Cl.Nc1cccc(C(=O)NCCCOC2CCCCC2)c1. The molecule has 0 heterocycles. The van der Waals surface area contributed by atoms with E-state index in [1.165, 1.54) is 32.1 Å². The number of carbonyl (C=O) groups is 1. The van der Waals surface area contributed by atoms with E-state index >= 15 is 0 Å². The average Bonchev–Trinajstić information content (AvgIpc) is 2.48. The number of hydrogen-bond donors (Lipinski definition) is 2. The van der Waals surface area contributed by atoms with Gasteiger partial charge in [-0.1, -0.05) is 25.3 Å². The Morgan fingerprint density at radius 1 is 1.29 bits per heavy atom. The van der Waals surface area contributed by atoms with Crippen LogP contribution in [0.3, 0.4) is 0 Å². The summed E-state index contributed by atoms with van der Waals surface area (Å²) in [5, 5.41) is 2.89. The van der Waals surface area contributed by atoms with Gasteiger partial charge in [-0.3, -0.25) is 4.79 Å². The molecule has 1 fully saturated rings. The molecule has 118 valence electrons. The second kappa shape index (κ2) is 9.64. The number of nitrogen functional groups attached to an aromatic ring is 1. The summed E-state index contributed by atoms with van der Waals surface area (Å²) in [6.45, 7) is 1.36. The average molecular weight is 313 g/mol. The van der Waals surface area contributed by atoms with E-state index in [0.717, 1.165) is 13.0 Å². The number of ether oxygens (including phenoxy) is 1. The van der Waals surface area contributed by atoms with Crippen molar-refractivity contribution < 1.29 is 9.53 Å². The second-order valence-corrected chi connectivity index (χ2v) is 5.37. The molecule has 21 heavy (non-hydrogen) atoms. The number of amides is 1. The molecule has 0 spiro atoms. The zero-order valence-corrected chi connectivity index (χ0v) is 13.2. The van der Waals surface area contributed by atoms with Crippen LogP contribution >= 0.6 is 12.4 Å². The van der Waals surface area contributed by atoms with Crippen LogP contribution in [0.5, 0.6) is 0 Å². The lowest BCUT2D eigenvalue weighted by atomic mass is 9.98. The summed E-state index contributed by atoms with van der Waals surface area (Å²) in [6, 6.07) is 7.02. The summed E-state index contributed by atoms with van der Waals surface area (Å²) in [4.78, 5) is 11.9. The van der Waals surface area contributed by atoms with E-state index in [1.807, 2.05) is 0 Å². The first-order chi connectivity index (χ1) is 9.75. The van der Waals surface area contributed by atoms with E-state index < -0.39 is 0 Å². The summed E-state index contributed by atoms with van der Waals surface area (Å²) in [7, 11) is 0.